The topological polar surface area (TPSA) is 22.0 Å². The molecular weight excluding hydrogens is 193 g/mol. The lowest BCUT2D eigenvalue weighted by atomic mass is 10.2. The minimum Gasteiger partial charge on any atom is -0.281 e. The number of halogens is 1. The number of hydrogen-bond acceptors (Lipinski definition) is 1. The second-order valence-electron chi connectivity index (χ2n) is 3.20. The van der Waals surface area contributed by atoms with Crippen LogP contribution in [0.2, 0.25) is 0 Å². The molecule has 0 aliphatic rings. The van der Waals surface area contributed by atoms with Crippen molar-refractivity contribution in [3.63, 3.8) is 0 Å². The second kappa shape index (κ2) is 3.69. The molecule has 0 aliphatic heterocycles. The average molecular weight is 204 g/mol. The Kier molecular flexibility index (Phi) is 2.07. The van der Waals surface area contributed by atoms with Crippen molar-refractivity contribution in [2.75, 3.05) is 0 Å². The monoisotopic (exact) mass is 204 g/mol. The van der Waals surface area contributed by atoms with Crippen molar-refractivity contribution < 1.29 is 5.76 Å². The molecule has 0 unspecified atom stereocenters. The summed E-state index contributed by atoms with van der Waals surface area (Å²) in [6.45, 7) is 0.0642. The fraction of sp³-hybridized carbons (Fsp3) is 0.0833. The van der Waals surface area contributed by atoms with E-state index in [0.29, 0.717) is 5.56 Å². The zero-order valence-electron chi connectivity index (χ0n) is 8.98. The lowest BCUT2D eigenvalue weighted by Crippen LogP contribution is -2.17. The van der Waals surface area contributed by atoms with Gasteiger partial charge in [0, 0.05) is 13.6 Å². The van der Waals surface area contributed by atoms with Gasteiger partial charge in [0.2, 0.25) is 0 Å². The Balaban J connectivity index is 2.64. The van der Waals surface area contributed by atoms with E-state index in [-0.39, 0.29) is 18.1 Å². The minimum absolute atomic E-state index is 0.0642. The van der Waals surface area contributed by atoms with Crippen LogP contribution in [0.4, 0.5) is 4.39 Å². The summed E-state index contributed by atoms with van der Waals surface area (Å²) in [6.07, 6.45) is 1.49. The molecule has 0 saturated heterocycles. The smallest absolute Gasteiger partial charge is 0.255 e. The van der Waals surface area contributed by atoms with Crippen LogP contribution in [0, 0.1) is 12.7 Å². The maximum atomic E-state index is 13.5. The molecule has 2 aromatic rings. The summed E-state index contributed by atoms with van der Waals surface area (Å²) in [6, 6.07) is 8.99. The molecule has 15 heavy (non-hydrogen) atoms. The average Bonchev–Trinajstić information content (AvgIpc) is 2.31. The van der Waals surface area contributed by atoms with E-state index in [0.717, 1.165) is 0 Å². The SMILES string of the molecule is [2H]Cc1ccc(=O)n(-c2ccccc2F)c1. The van der Waals surface area contributed by atoms with Crippen molar-refractivity contribution in [1.82, 2.24) is 4.57 Å². The molecular formula is C12H10FNO. The van der Waals surface area contributed by atoms with Crippen molar-refractivity contribution in [3.8, 4) is 5.69 Å². The predicted molar refractivity (Wildman–Crippen MR) is 56.7 cm³/mol. The molecule has 3 heteroatoms. The van der Waals surface area contributed by atoms with E-state index in [4.69, 9.17) is 1.37 Å². The number of aryl methyl sites for hydroxylation is 1. The van der Waals surface area contributed by atoms with Gasteiger partial charge in [0.05, 0.1) is 5.69 Å². The molecule has 76 valence electrons. The van der Waals surface area contributed by atoms with E-state index in [1.165, 1.54) is 29.0 Å². The second-order valence-corrected chi connectivity index (χ2v) is 3.20. The third-order valence-corrected chi connectivity index (χ3v) is 2.08. The Morgan fingerprint density at radius 3 is 2.80 bits per heavy atom. The number of aromatic nitrogens is 1. The predicted octanol–water partition coefficient (Wildman–Crippen LogP) is 2.29. The molecule has 0 bridgehead atoms. The molecule has 1 heterocycles. The minimum atomic E-state index is -0.452. The molecule has 0 saturated carbocycles. The molecule has 0 fully saturated rings. The standard InChI is InChI=1S/C12H10FNO/c1-9-6-7-12(15)14(8-9)11-5-3-2-4-10(11)13/h2-8H,1H3/i1D. The number of benzene rings is 1. The van der Waals surface area contributed by atoms with Gasteiger partial charge in [-0.2, -0.15) is 0 Å². The fourth-order valence-electron chi connectivity index (χ4n) is 1.37. The molecule has 0 spiro atoms. The molecule has 0 aliphatic carbocycles. The highest BCUT2D eigenvalue weighted by Gasteiger charge is 2.04. The summed E-state index contributed by atoms with van der Waals surface area (Å²) in [7, 11) is 0. The first-order valence-electron chi connectivity index (χ1n) is 5.19. The van der Waals surface area contributed by atoms with E-state index in [1.54, 1.807) is 18.2 Å². The van der Waals surface area contributed by atoms with Gasteiger partial charge in [-0.25, -0.2) is 4.39 Å². The van der Waals surface area contributed by atoms with Crippen LogP contribution < -0.4 is 5.56 Å². The molecule has 2 nitrogen and oxygen atoms in total. The first-order valence-corrected chi connectivity index (χ1v) is 4.48. The van der Waals surface area contributed by atoms with E-state index in [1.807, 2.05) is 0 Å². The van der Waals surface area contributed by atoms with E-state index < -0.39 is 5.82 Å². The summed E-state index contributed by atoms with van der Waals surface area (Å²) < 4.78 is 21.9. The van der Waals surface area contributed by atoms with Crippen LogP contribution in [0.3, 0.4) is 0 Å². The first-order chi connectivity index (χ1) is 7.72. The Morgan fingerprint density at radius 2 is 2.07 bits per heavy atom. The summed E-state index contributed by atoms with van der Waals surface area (Å²) >= 11 is 0. The van der Waals surface area contributed by atoms with Gasteiger partial charge < -0.3 is 0 Å². The number of nitrogens with zero attached hydrogens (tertiary/aromatic N) is 1. The molecule has 2 rings (SSSR count). The van der Waals surface area contributed by atoms with Crippen LogP contribution in [-0.4, -0.2) is 4.57 Å². The first kappa shape index (κ1) is 8.41. The van der Waals surface area contributed by atoms with Crippen molar-refractivity contribution in [2.24, 2.45) is 0 Å². The molecule has 1 aromatic heterocycles. The molecule has 0 amide bonds. The lowest BCUT2D eigenvalue weighted by Gasteiger charge is -2.06. The third-order valence-electron chi connectivity index (χ3n) is 2.08. The highest BCUT2D eigenvalue weighted by Crippen LogP contribution is 2.10. The highest BCUT2D eigenvalue weighted by molar-refractivity contribution is 5.34. The summed E-state index contributed by atoms with van der Waals surface area (Å²) in [5.74, 6) is -0.452. The van der Waals surface area contributed by atoms with Gasteiger partial charge in [-0.15, -0.1) is 0 Å². The van der Waals surface area contributed by atoms with Crippen molar-refractivity contribution in [1.29, 1.82) is 0 Å². The van der Waals surface area contributed by atoms with Gasteiger partial charge in [-0.1, -0.05) is 18.2 Å². The van der Waals surface area contributed by atoms with Crippen LogP contribution >= 0.6 is 0 Å². The van der Waals surface area contributed by atoms with Crippen LogP contribution in [0.5, 0.6) is 0 Å². The van der Waals surface area contributed by atoms with E-state index >= 15 is 0 Å². The number of rotatable bonds is 1. The molecule has 0 N–H and O–H groups in total. The van der Waals surface area contributed by atoms with Gasteiger partial charge in [0.25, 0.3) is 5.56 Å². The molecule has 0 atom stereocenters. The number of pyridine rings is 1. The third kappa shape index (κ3) is 1.81. The Bertz CT molecular complexity index is 565. The quantitative estimate of drug-likeness (QED) is 0.698. The van der Waals surface area contributed by atoms with E-state index in [2.05, 4.69) is 0 Å². The molecule has 1 aromatic carbocycles. The Morgan fingerprint density at radius 1 is 1.27 bits per heavy atom. The summed E-state index contributed by atoms with van der Waals surface area (Å²) in [5.41, 5.74) is 0.577. The normalized spacial score (nSPS) is 11.1. The molecule has 0 radical (unpaired) electrons. The zero-order chi connectivity index (χ0) is 11.5. The van der Waals surface area contributed by atoms with Gasteiger partial charge in [0.15, 0.2) is 0 Å². The Hall–Kier alpha value is -1.90. The van der Waals surface area contributed by atoms with Gasteiger partial charge >= 0.3 is 0 Å². The largest absolute Gasteiger partial charge is 0.281 e. The summed E-state index contributed by atoms with van der Waals surface area (Å²) in [4.78, 5) is 11.6. The van der Waals surface area contributed by atoms with Crippen molar-refractivity contribution >= 4 is 0 Å². The van der Waals surface area contributed by atoms with E-state index in [9.17, 15) is 9.18 Å². The lowest BCUT2D eigenvalue weighted by molar-refractivity contribution is 0.616. The maximum Gasteiger partial charge on any atom is 0.255 e. The number of hydrogen-bond donors (Lipinski definition) is 0. The zero-order valence-corrected chi connectivity index (χ0v) is 7.98. The van der Waals surface area contributed by atoms with Gasteiger partial charge in [-0.05, 0) is 24.6 Å². The van der Waals surface area contributed by atoms with Crippen molar-refractivity contribution in [2.45, 2.75) is 6.90 Å². The maximum absolute atomic E-state index is 13.5. The van der Waals surface area contributed by atoms with Crippen molar-refractivity contribution in [3.05, 3.63) is 64.3 Å². The highest BCUT2D eigenvalue weighted by atomic mass is 19.1. The van der Waals surface area contributed by atoms with Crippen LogP contribution in [0.1, 0.15) is 6.93 Å². The fourth-order valence-corrected chi connectivity index (χ4v) is 1.37. The van der Waals surface area contributed by atoms with Crippen LogP contribution in [0.25, 0.3) is 5.69 Å². The van der Waals surface area contributed by atoms with Crippen LogP contribution in [0.15, 0.2) is 47.4 Å². The van der Waals surface area contributed by atoms with Crippen LogP contribution in [-0.2, 0) is 0 Å². The number of para-hydroxylation sites is 1. The van der Waals surface area contributed by atoms with Gasteiger partial charge in [0.1, 0.15) is 5.82 Å². The Labute approximate surface area is 88.0 Å². The summed E-state index contributed by atoms with van der Waals surface area (Å²) in [5, 5.41) is 0. The van der Waals surface area contributed by atoms with Gasteiger partial charge in [-0.3, -0.25) is 9.36 Å².